The Hall–Kier alpha value is -2.04. The molecule has 1 aliphatic heterocycles. The van der Waals surface area contributed by atoms with Crippen molar-refractivity contribution in [2.45, 2.75) is 6.42 Å². The number of urea groups is 1. The smallest absolute Gasteiger partial charge is 0.326 e. The molecule has 14 heavy (non-hydrogen) atoms. The minimum atomic E-state index is -0.485. The Morgan fingerprint density at radius 1 is 1.36 bits per heavy atom. The second kappa shape index (κ2) is 3.37. The lowest BCUT2D eigenvalue weighted by molar-refractivity contribution is -0.115. The van der Waals surface area contributed by atoms with E-state index >= 15 is 0 Å². The van der Waals surface area contributed by atoms with E-state index in [1.54, 1.807) is 24.5 Å². The molecule has 1 aromatic heterocycles. The fourth-order valence-electron chi connectivity index (χ4n) is 1.16. The van der Waals surface area contributed by atoms with Crippen LogP contribution in [0.4, 0.5) is 4.79 Å². The predicted octanol–water partition coefficient (Wildman–Crippen LogP) is 0.545. The van der Waals surface area contributed by atoms with Crippen LogP contribution < -0.4 is 10.6 Å². The van der Waals surface area contributed by atoms with Crippen molar-refractivity contribution in [2.75, 3.05) is 0 Å². The Morgan fingerprint density at radius 2 is 2.21 bits per heavy atom. The van der Waals surface area contributed by atoms with Gasteiger partial charge in [-0.25, -0.2) is 4.79 Å². The standard InChI is InChI=1S/C9H8N2O3/c12-8-7(10-9(13)11-8)4-3-6-2-1-5-14-6/h1-2,4-5H,3H2,(H2,10,11,12,13)/b7-4+. The second-order valence-electron chi connectivity index (χ2n) is 2.81. The molecule has 0 spiro atoms. The van der Waals surface area contributed by atoms with Crippen molar-refractivity contribution in [2.24, 2.45) is 0 Å². The van der Waals surface area contributed by atoms with Crippen LogP contribution in [0.3, 0.4) is 0 Å². The molecule has 0 atom stereocenters. The lowest BCUT2D eigenvalue weighted by Gasteiger charge is -1.92. The van der Waals surface area contributed by atoms with Crippen LogP contribution in [0.2, 0.25) is 0 Å². The van der Waals surface area contributed by atoms with Gasteiger partial charge in [0.1, 0.15) is 11.5 Å². The number of hydrogen-bond donors (Lipinski definition) is 2. The Kier molecular flexibility index (Phi) is 2.06. The van der Waals surface area contributed by atoms with Gasteiger partial charge in [-0.05, 0) is 18.2 Å². The monoisotopic (exact) mass is 192 g/mol. The maximum atomic E-state index is 11.1. The number of carbonyl (C=O) groups is 2. The molecule has 5 nitrogen and oxygen atoms in total. The SMILES string of the molecule is O=C1NC(=O)/C(=C\Cc2ccco2)N1. The Labute approximate surface area is 79.8 Å². The third-order valence-electron chi connectivity index (χ3n) is 1.81. The van der Waals surface area contributed by atoms with Crippen molar-refractivity contribution in [3.63, 3.8) is 0 Å². The summed E-state index contributed by atoms with van der Waals surface area (Å²) < 4.78 is 5.07. The van der Waals surface area contributed by atoms with Crippen molar-refractivity contribution in [1.29, 1.82) is 0 Å². The number of nitrogens with one attached hydrogen (secondary N) is 2. The normalized spacial score (nSPS) is 18.4. The quantitative estimate of drug-likeness (QED) is 0.530. The third-order valence-corrected chi connectivity index (χ3v) is 1.81. The molecule has 0 saturated carbocycles. The average molecular weight is 192 g/mol. The zero-order chi connectivity index (χ0) is 9.97. The number of carbonyl (C=O) groups excluding carboxylic acids is 2. The second-order valence-corrected chi connectivity index (χ2v) is 2.81. The van der Waals surface area contributed by atoms with E-state index in [9.17, 15) is 9.59 Å². The first kappa shape index (κ1) is 8.55. The molecule has 2 N–H and O–H groups in total. The molecule has 0 radical (unpaired) electrons. The van der Waals surface area contributed by atoms with Gasteiger partial charge in [-0.2, -0.15) is 0 Å². The highest BCUT2D eigenvalue weighted by atomic mass is 16.3. The maximum Gasteiger partial charge on any atom is 0.326 e. The third kappa shape index (κ3) is 1.66. The average Bonchev–Trinajstić information content (AvgIpc) is 2.72. The highest BCUT2D eigenvalue weighted by Gasteiger charge is 2.22. The summed E-state index contributed by atoms with van der Waals surface area (Å²) in [5.74, 6) is 0.341. The van der Waals surface area contributed by atoms with E-state index in [1.807, 2.05) is 0 Å². The Morgan fingerprint density at radius 3 is 2.79 bits per heavy atom. The molecule has 1 fully saturated rings. The summed E-state index contributed by atoms with van der Waals surface area (Å²) in [4.78, 5) is 21.8. The molecule has 2 heterocycles. The number of rotatable bonds is 2. The van der Waals surface area contributed by atoms with E-state index in [-0.39, 0.29) is 5.70 Å². The fraction of sp³-hybridized carbons (Fsp3) is 0.111. The van der Waals surface area contributed by atoms with Crippen LogP contribution in [0.15, 0.2) is 34.6 Å². The zero-order valence-corrected chi connectivity index (χ0v) is 7.24. The zero-order valence-electron chi connectivity index (χ0n) is 7.24. The van der Waals surface area contributed by atoms with Gasteiger partial charge in [0, 0.05) is 6.42 Å². The molecule has 0 bridgehead atoms. The summed E-state index contributed by atoms with van der Waals surface area (Å²) >= 11 is 0. The van der Waals surface area contributed by atoms with Gasteiger partial charge in [0.2, 0.25) is 0 Å². The molecule has 1 aliphatic rings. The van der Waals surface area contributed by atoms with Gasteiger partial charge in [-0.1, -0.05) is 0 Å². The van der Waals surface area contributed by atoms with Crippen LogP contribution in [-0.2, 0) is 11.2 Å². The molecular formula is C9H8N2O3. The minimum absolute atomic E-state index is 0.270. The first-order valence-corrected chi connectivity index (χ1v) is 4.10. The van der Waals surface area contributed by atoms with E-state index in [4.69, 9.17) is 4.42 Å². The van der Waals surface area contributed by atoms with Gasteiger partial charge in [0.25, 0.3) is 5.91 Å². The van der Waals surface area contributed by atoms with Gasteiger partial charge in [0.15, 0.2) is 0 Å². The van der Waals surface area contributed by atoms with Gasteiger partial charge in [-0.3, -0.25) is 10.1 Å². The largest absolute Gasteiger partial charge is 0.469 e. The van der Waals surface area contributed by atoms with E-state index in [2.05, 4.69) is 10.6 Å². The van der Waals surface area contributed by atoms with Crippen LogP contribution in [0.25, 0.3) is 0 Å². The summed E-state index contributed by atoms with van der Waals surface area (Å²) in [6.07, 6.45) is 3.65. The molecule has 2 rings (SSSR count). The van der Waals surface area contributed by atoms with Gasteiger partial charge in [0.05, 0.1) is 6.26 Å². The van der Waals surface area contributed by atoms with E-state index in [0.717, 1.165) is 5.76 Å². The topological polar surface area (TPSA) is 71.3 Å². The minimum Gasteiger partial charge on any atom is -0.469 e. The van der Waals surface area contributed by atoms with E-state index in [1.165, 1.54) is 0 Å². The van der Waals surface area contributed by atoms with Crippen LogP contribution in [0, 0.1) is 0 Å². The van der Waals surface area contributed by atoms with Gasteiger partial charge in [-0.15, -0.1) is 0 Å². The molecule has 1 aromatic rings. The van der Waals surface area contributed by atoms with Gasteiger partial charge >= 0.3 is 6.03 Å². The number of imide groups is 1. The molecule has 1 saturated heterocycles. The number of allylic oxidation sites excluding steroid dienone is 1. The van der Waals surface area contributed by atoms with Crippen molar-refractivity contribution in [3.8, 4) is 0 Å². The molecule has 0 unspecified atom stereocenters. The molecule has 72 valence electrons. The van der Waals surface area contributed by atoms with E-state index in [0.29, 0.717) is 6.42 Å². The summed E-state index contributed by atoms with van der Waals surface area (Å²) in [5, 5.41) is 4.49. The number of hydrogen-bond acceptors (Lipinski definition) is 3. The van der Waals surface area contributed by atoms with Gasteiger partial charge < -0.3 is 9.73 Å². The molecule has 0 aromatic carbocycles. The van der Waals surface area contributed by atoms with Crippen LogP contribution in [-0.4, -0.2) is 11.9 Å². The Bertz CT molecular complexity index is 392. The summed E-state index contributed by atoms with van der Waals surface area (Å²) in [6.45, 7) is 0. The number of furan rings is 1. The van der Waals surface area contributed by atoms with Crippen LogP contribution in [0.1, 0.15) is 5.76 Å². The van der Waals surface area contributed by atoms with Crippen molar-refractivity contribution in [1.82, 2.24) is 10.6 Å². The Balaban J connectivity index is 2.05. The first-order valence-electron chi connectivity index (χ1n) is 4.10. The van der Waals surface area contributed by atoms with Crippen molar-refractivity contribution >= 4 is 11.9 Å². The van der Waals surface area contributed by atoms with Crippen molar-refractivity contribution < 1.29 is 14.0 Å². The first-order chi connectivity index (χ1) is 6.75. The predicted molar refractivity (Wildman–Crippen MR) is 47.2 cm³/mol. The fourth-order valence-corrected chi connectivity index (χ4v) is 1.16. The maximum absolute atomic E-state index is 11.1. The summed E-state index contributed by atoms with van der Waals surface area (Å²) in [6, 6.07) is 3.08. The molecular weight excluding hydrogens is 184 g/mol. The lowest BCUT2D eigenvalue weighted by Crippen LogP contribution is -2.22. The summed E-state index contributed by atoms with van der Waals surface area (Å²) in [5.41, 5.74) is 0.270. The van der Waals surface area contributed by atoms with Crippen LogP contribution in [0.5, 0.6) is 0 Å². The molecule has 5 heteroatoms. The van der Waals surface area contributed by atoms with Crippen LogP contribution >= 0.6 is 0 Å². The lowest BCUT2D eigenvalue weighted by atomic mass is 10.3. The summed E-state index contributed by atoms with van der Waals surface area (Å²) in [7, 11) is 0. The highest BCUT2D eigenvalue weighted by Crippen LogP contribution is 2.05. The molecule has 3 amide bonds. The van der Waals surface area contributed by atoms with Crippen molar-refractivity contribution in [3.05, 3.63) is 35.9 Å². The molecule has 0 aliphatic carbocycles. The highest BCUT2D eigenvalue weighted by molar-refractivity contribution is 6.11. The number of amides is 3. The van der Waals surface area contributed by atoms with E-state index < -0.39 is 11.9 Å².